The Labute approximate surface area is 131 Å². The number of rotatable bonds is 10. The topological polar surface area (TPSA) is 12.0 Å². The first-order chi connectivity index (χ1) is 10.4. The van der Waals surface area contributed by atoms with Crippen LogP contribution in [0.5, 0.6) is 0 Å². The van der Waals surface area contributed by atoms with Gasteiger partial charge < -0.3 is 5.32 Å². The van der Waals surface area contributed by atoms with E-state index in [9.17, 15) is 0 Å². The average molecular weight is 287 g/mol. The van der Waals surface area contributed by atoms with Crippen molar-refractivity contribution >= 4 is 0 Å². The molecule has 118 valence electrons. The van der Waals surface area contributed by atoms with E-state index in [1.807, 2.05) is 0 Å². The summed E-state index contributed by atoms with van der Waals surface area (Å²) in [7, 11) is 0. The van der Waals surface area contributed by atoms with Crippen LogP contribution >= 0.6 is 0 Å². The van der Waals surface area contributed by atoms with Gasteiger partial charge in [0.2, 0.25) is 0 Å². The van der Waals surface area contributed by atoms with Crippen LogP contribution in [0.4, 0.5) is 0 Å². The van der Waals surface area contributed by atoms with Crippen molar-refractivity contribution in [2.45, 2.75) is 77.2 Å². The first-order valence-corrected chi connectivity index (χ1v) is 9.17. The predicted molar refractivity (Wildman–Crippen MR) is 92.7 cm³/mol. The maximum absolute atomic E-state index is 3.74. The molecule has 1 nitrogen and oxygen atoms in total. The fraction of sp³-hybridized carbons (Fsp3) is 0.700. The molecule has 0 aromatic heterocycles. The summed E-state index contributed by atoms with van der Waals surface area (Å²) in [6, 6.07) is 11.8. The molecule has 2 atom stereocenters. The zero-order valence-corrected chi connectivity index (χ0v) is 13.8. The molecule has 1 heteroatoms. The summed E-state index contributed by atoms with van der Waals surface area (Å²) in [6.07, 6.45) is 13.9. The van der Waals surface area contributed by atoms with E-state index in [1.54, 1.807) is 0 Å². The summed E-state index contributed by atoms with van der Waals surface area (Å²) in [4.78, 5) is 0. The molecule has 1 aliphatic rings. The fourth-order valence-electron chi connectivity index (χ4n) is 3.64. The molecule has 1 aromatic carbocycles. The minimum atomic E-state index is 0.765. The number of hydrogen-bond donors (Lipinski definition) is 1. The SMILES string of the molecule is CCCCCCCCCC1NCCC1Cc1ccccc1. The molecule has 21 heavy (non-hydrogen) atoms. The number of hydrogen-bond acceptors (Lipinski definition) is 1. The van der Waals surface area contributed by atoms with Gasteiger partial charge in [0.15, 0.2) is 0 Å². The van der Waals surface area contributed by atoms with Crippen molar-refractivity contribution in [3.05, 3.63) is 35.9 Å². The summed E-state index contributed by atoms with van der Waals surface area (Å²) < 4.78 is 0. The second kappa shape index (κ2) is 10.00. The highest BCUT2D eigenvalue weighted by Crippen LogP contribution is 2.24. The normalized spacial score (nSPS) is 21.8. The Balaban J connectivity index is 1.61. The summed E-state index contributed by atoms with van der Waals surface area (Å²) in [5, 5.41) is 3.74. The monoisotopic (exact) mass is 287 g/mol. The number of benzene rings is 1. The van der Waals surface area contributed by atoms with Crippen LogP contribution in [0.3, 0.4) is 0 Å². The molecule has 1 N–H and O–H groups in total. The minimum Gasteiger partial charge on any atom is -0.314 e. The van der Waals surface area contributed by atoms with E-state index in [1.165, 1.54) is 76.3 Å². The van der Waals surface area contributed by atoms with Crippen LogP contribution in [0.1, 0.15) is 70.3 Å². The van der Waals surface area contributed by atoms with E-state index in [4.69, 9.17) is 0 Å². The molecule has 2 rings (SSSR count). The lowest BCUT2D eigenvalue weighted by Crippen LogP contribution is -2.27. The van der Waals surface area contributed by atoms with Crippen LogP contribution in [0, 0.1) is 5.92 Å². The summed E-state index contributed by atoms with van der Waals surface area (Å²) in [5.41, 5.74) is 1.51. The molecule has 1 saturated heterocycles. The van der Waals surface area contributed by atoms with Crippen LogP contribution in [-0.2, 0) is 6.42 Å². The van der Waals surface area contributed by atoms with Crippen LogP contribution in [-0.4, -0.2) is 12.6 Å². The number of unbranched alkanes of at least 4 members (excludes halogenated alkanes) is 6. The Morgan fingerprint density at radius 2 is 1.67 bits per heavy atom. The molecule has 1 heterocycles. The zero-order chi connectivity index (χ0) is 14.8. The molecule has 0 radical (unpaired) electrons. The van der Waals surface area contributed by atoms with Crippen molar-refractivity contribution in [3.8, 4) is 0 Å². The van der Waals surface area contributed by atoms with Crippen LogP contribution in [0.25, 0.3) is 0 Å². The van der Waals surface area contributed by atoms with Gasteiger partial charge in [-0.2, -0.15) is 0 Å². The molecule has 0 saturated carbocycles. The Morgan fingerprint density at radius 1 is 0.952 bits per heavy atom. The van der Waals surface area contributed by atoms with Crippen molar-refractivity contribution in [1.82, 2.24) is 5.32 Å². The highest BCUT2D eigenvalue weighted by Gasteiger charge is 2.26. The van der Waals surface area contributed by atoms with E-state index in [2.05, 4.69) is 42.6 Å². The van der Waals surface area contributed by atoms with Crippen LogP contribution in [0.15, 0.2) is 30.3 Å². The van der Waals surface area contributed by atoms with E-state index >= 15 is 0 Å². The van der Waals surface area contributed by atoms with E-state index in [-0.39, 0.29) is 0 Å². The van der Waals surface area contributed by atoms with E-state index in [0.717, 1.165) is 12.0 Å². The molecular weight excluding hydrogens is 254 g/mol. The Morgan fingerprint density at radius 3 is 2.43 bits per heavy atom. The first kappa shape index (κ1) is 16.5. The van der Waals surface area contributed by atoms with Crippen LogP contribution in [0.2, 0.25) is 0 Å². The van der Waals surface area contributed by atoms with Crippen molar-refractivity contribution in [2.24, 2.45) is 5.92 Å². The predicted octanol–water partition coefficient (Wildman–Crippen LogP) is 5.35. The van der Waals surface area contributed by atoms with Crippen LogP contribution < -0.4 is 5.32 Å². The lowest BCUT2D eigenvalue weighted by molar-refractivity contribution is 0.403. The van der Waals surface area contributed by atoms with Gasteiger partial charge in [0, 0.05) is 6.04 Å². The number of nitrogens with one attached hydrogen (secondary N) is 1. The van der Waals surface area contributed by atoms with Gasteiger partial charge in [0.1, 0.15) is 0 Å². The van der Waals surface area contributed by atoms with E-state index in [0.29, 0.717) is 0 Å². The Hall–Kier alpha value is -0.820. The quantitative estimate of drug-likeness (QED) is 0.572. The molecule has 0 bridgehead atoms. The molecule has 1 aliphatic heterocycles. The van der Waals surface area contributed by atoms with Gasteiger partial charge in [0.25, 0.3) is 0 Å². The van der Waals surface area contributed by atoms with Crippen molar-refractivity contribution in [1.29, 1.82) is 0 Å². The largest absolute Gasteiger partial charge is 0.314 e. The highest BCUT2D eigenvalue weighted by atomic mass is 14.9. The summed E-state index contributed by atoms with van der Waals surface area (Å²) in [6.45, 7) is 3.51. The van der Waals surface area contributed by atoms with Gasteiger partial charge in [-0.15, -0.1) is 0 Å². The van der Waals surface area contributed by atoms with E-state index < -0.39 is 0 Å². The molecule has 1 aromatic rings. The standard InChI is InChI=1S/C20H33N/c1-2-3-4-5-6-7-11-14-20-19(15-16-21-20)17-18-12-9-8-10-13-18/h8-10,12-13,19-21H,2-7,11,14-17H2,1H3. The first-order valence-electron chi connectivity index (χ1n) is 9.17. The second-order valence-corrected chi connectivity index (χ2v) is 6.71. The third-order valence-electron chi connectivity index (χ3n) is 4.95. The van der Waals surface area contributed by atoms with Gasteiger partial charge in [-0.05, 0) is 37.3 Å². The van der Waals surface area contributed by atoms with Gasteiger partial charge in [0.05, 0.1) is 0 Å². The molecule has 0 aliphatic carbocycles. The molecule has 0 amide bonds. The fourth-order valence-corrected chi connectivity index (χ4v) is 3.64. The maximum atomic E-state index is 3.74. The molecular formula is C20H33N. The van der Waals surface area contributed by atoms with Crippen molar-refractivity contribution in [3.63, 3.8) is 0 Å². The third-order valence-corrected chi connectivity index (χ3v) is 4.95. The Kier molecular flexibility index (Phi) is 7.88. The maximum Gasteiger partial charge on any atom is 0.00989 e. The van der Waals surface area contributed by atoms with Gasteiger partial charge in [-0.3, -0.25) is 0 Å². The van der Waals surface area contributed by atoms with Gasteiger partial charge in [-0.1, -0.05) is 82.2 Å². The highest BCUT2D eigenvalue weighted by molar-refractivity contribution is 5.16. The lowest BCUT2D eigenvalue weighted by Gasteiger charge is -2.19. The Bertz CT molecular complexity index is 359. The molecule has 2 unspecified atom stereocenters. The van der Waals surface area contributed by atoms with Crippen molar-refractivity contribution < 1.29 is 0 Å². The minimum absolute atomic E-state index is 0.765. The lowest BCUT2D eigenvalue weighted by atomic mass is 9.89. The second-order valence-electron chi connectivity index (χ2n) is 6.71. The smallest absolute Gasteiger partial charge is 0.00989 e. The zero-order valence-electron chi connectivity index (χ0n) is 13.8. The molecule has 0 spiro atoms. The molecule has 1 fully saturated rings. The van der Waals surface area contributed by atoms with Gasteiger partial charge >= 0.3 is 0 Å². The summed E-state index contributed by atoms with van der Waals surface area (Å²) >= 11 is 0. The summed E-state index contributed by atoms with van der Waals surface area (Å²) in [5.74, 6) is 0.854. The third kappa shape index (κ3) is 6.22. The van der Waals surface area contributed by atoms with Crippen molar-refractivity contribution in [2.75, 3.05) is 6.54 Å². The van der Waals surface area contributed by atoms with Gasteiger partial charge in [-0.25, -0.2) is 0 Å². The average Bonchev–Trinajstić information content (AvgIpc) is 2.95.